The standard InChI is InChI=1S/C12H16BrNOS/c1-9-8-10(4-5-11(9)13)12(15)14(2)6-7-16-3/h4-5,8H,6-7H2,1-3H3. The van der Waals surface area contributed by atoms with E-state index in [-0.39, 0.29) is 5.91 Å². The third-order valence-corrected chi connectivity index (χ3v) is 3.86. The summed E-state index contributed by atoms with van der Waals surface area (Å²) in [6.45, 7) is 2.78. The maximum Gasteiger partial charge on any atom is 0.253 e. The zero-order chi connectivity index (χ0) is 12.1. The van der Waals surface area contributed by atoms with Crippen molar-refractivity contribution >= 4 is 33.6 Å². The molecule has 0 saturated heterocycles. The van der Waals surface area contributed by atoms with Crippen molar-refractivity contribution in [1.82, 2.24) is 4.90 Å². The highest BCUT2D eigenvalue weighted by Gasteiger charge is 2.11. The topological polar surface area (TPSA) is 20.3 Å². The van der Waals surface area contributed by atoms with Crippen LogP contribution in [0.5, 0.6) is 0 Å². The Labute approximate surface area is 110 Å². The van der Waals surface area contributed by atoms with E-state index in [2.05, 4.69) is 15.9 Å². The molecule has 0 saturated carbocycles. The number of hydrogen-bond donors (Lipinski definition) is 0. The Balaban J connectivity index is 2.76. The minimum absolute atomic E-state index is 0.0876. The van der Waals surface area contributed by atoms with Gasteiger partial charge in [0, 0.05) is 29.4 Å². The summed E-state index contributed by atoms with van der Waals surface area (Å²) in [6, 6.07) is 5.70. The Morgan fingerprint density at radius 3 is 2.75 bits per heavy atom. The number of benzene rings is 1. The molecule has 0 aliphatic heterocycles. The molecule has 0 fully saturated rings. The molecule has 2 nitrogen and oxygen atoms in total. The second kappa shape index (κ2) is 6.30. The quantitative estimate of drug-likeness (QED) is 0.851. The van der Waals surface area contributed by atoms with Gasteiger partial charge in [-0.3, -0.25) is 4.79 Å². The molecule has 0 aliphatic rings. The van der Waals surface area contributed by atoms with Crippen LogP contribution in [0.2, 0.25) is 0 Å². The molecule has 0 spiro atoms. The molecule has 0 atom stereocenters. The minimum atomic E-state index is 0.0876. The normalized spacial score (nSPS) is 10.2. The maximum atomic E-state index is 12.0. The molecular formula is C12H16BrNOS. The van der Waals surface area contributed by atoms with Crippen LogP contribution in [0.4, 0.5) is 0 Å². The first kappa shape index (κ1) is 13.6. The van der Waals surface area contributed by atoms with Gasteiger partial charge in [0.1, 0.15) is 0 Å². The summed E-state index contributed by atoms with van der Waals surface area (Å²) in [5, 5.41) is 0. The molecule has 0 aromatic heterocycles. The number of aryl methyl sites for hydroxylation is 1. The molecule has 16 heavy (non-hydrogen) atoms. The number of halogens is 1. The van der Waals surface area contributed by atoms with E-state index in [1.165, 1.54) is 0 Å². The van der Waals surface area contributed by atoms with E-state index in [4.69, 9.17) is 0 Å². The molecule has 0 radical (unpaired) electrons. The molecule has 1 amide bonds. The molecule has 1 aromatic rings. The van der Waals surface area contributed by atoms with Gasteiger partial charge in [-0.2, -0.15) is 11.8 Å². The van der Waals surface area contributed by atoms with E-state index in [9.17, 15) is 4.79 Å². The summed E-state index contributed by atoms with van der Waals surface area (Å²) in [5.74, 6) is 1.06. The average Bonchev–Trinajstić information content (AvgIpc) is 2.28. The van der Waals surface area contributed by atoms with Crippen molar-refractivity contribution in [2.45, 2.75) is 6.92 Å². The van der Waals surface area contributed by atoms with Crippen molar-refractivity contribution in [3.8, 4) is 0 Å². The summed E-state index contributed by atoms with van der Waals surface area (Å²) in [5.41, 5.74) is 1.84. The van der Waals surface area contributed by atoms with Crippen LogP contribution >= 0.6 is 27.7 Å². The van der Waals surface area contributed by atoms with Crippen LogP contribution in [-0.2, 0) is 0 Å². The van der Waals surface area contributed by atoms with E-state index in [0.717, 1.165) is 27.9 Å². The number of nitrogens with zero attached hydrogens (tertiary/aromatic N) is 1. The first-order valence-electron chi connectivity index (χ1n) is 5.07. The number of hydrogen-bond acceptors (Lipinski definition) is 2. The van der Waals surface area contributed by atoms with Gasteiger partial charge in [0.05, 0.1) is 0 Å². The molecule has 0 heterocycles. The molecular weight excluding hydrogens is 286 g/mol. The van der Waals surface area contributed by atoms with Gasteiger partial charge >= 0.3 is 0 Å². The van der Waals surface area contributed by atoms with Crippen LogP contribution in [0.25, 0.3) is 0 Å². The fraction of sp³-hybridized carbons (Fsp3) is 0.417. The van der Waals surface area contributed by atoms with Gasteiger partial charge in [-0.05, 0) is 36.9 Å². The average molecular weight is 302 g/mol. The summed E-state index contributed by atoms with van der Waals surface area (Å²) in [6.07, 6.45) is 2.04. The van der Waals surface area contributed by atoms with Gasteiger partial charge in [-0.25, -0.2) is 0 Å². The van der Waals surface area contributed by atoms with Crippen LogP contribution in [0.3, 0.4) is 0 Å². The second-order valence-corrected chi connectivity index (χ2v) is 5.52. The highest BCUT2D eigenvalue weighted by atomic mass is 79.9. The highest BCUT2D eigenvalue weighted by Crippen LogP contribution is 2.17. The van der Waals surface area contributed by atoms with E-state index in [0.29, 0.717) is 0 Å². The summed E-state index contributed by atoms with van der Waals surface area (Å²) < 4.78 is 1.04. The smallest absolute Gasteiger partial charge is 0.253 e. The molecule has 88 valence electrons. The summed E-state index contributed by atoms with van der Waals surface area (Å²) in [7, 11) is 1.84. The number of carbonyl (C=O) groups excluding carboxylic acids is 1. The third-order valence-electron chi connectivity index (χ3n) is 2.38. The zero-order valence-corrected chi connectivity index (χ0v) is 12.2. The zero-order valence-electron chi connectivity index (χ0n) is 9.79. The van der Waals surface area contributed by atoms with Crippen LogP contribution in [-0.4, -0.2) is 36.4 Å². The van der Waals surface area contributed by atoms with Gasteiger partial charge in [-0.15, -0.1) is 0 Å². The first-order valence-corrected chi connectivity index (χ1v) is 7.25. The molecule has 1 aromatic carbocycles. The van der Waals surface area contributed by atoms with E-state index >= 15 is 0 Å². The molecule has 0 aliphatic carbocycles. The molecule has 0 bridgehead atoms. The second-order valence-electron chi connectivity index (χ2n) is 3.68. The Kier molecular flexibility index (Phi) is 5.35. The van der Waals surface area contributed by atoms with Crippen LogP contribution in [0.15, 0.2) is 22.7 Å². The number of rotatable bonds is 4. The van der Waals surface area contributed by atoms with E-state index in [1.54, 1.807) is 16.7 Å². The monoisotopic (exact) mass is 301 g/mol. The fourth-order valence-electron chi connectivity index (χ4n) is 1.33. The Hall–Kier alpha value is -0.480. The van der Waals surface area contributed by atoms with Gasteiger partial charge < -0.3 is 4.90 Å². The lowest BCUT2D eigenvalue weighted by atomic mass is 10.1. The molecule has 0 N–H and O–H groups in total. The largest absolute Gasteiger partial charge is 0.341 e. The Bertz CT molecular complexity index is 381. The van der Waals surface area contributed by atoms with Gasteiger partial charge in [0.25, 0.3) is 5.91 Å². The van der Waals surface area contributed by atoms with E-state index < -0.39 is 0 Å². The first-order chi connectivity index (χ1) is 7.56. The van der Waals surface area contributed by atoms with Crippen molar-refractivity contribution in [3.63, 3.8) is 0 Å². The fourth-order valence-corrected chi connectivity index (χ4v) is 2.03. The van der Waals surface area contributed by atoms with Crippen molar-refractivity contribution in [2.75, 3.05) is 25.6 Å². The number of carbonyl (C=O) groups is 1. The van der Waals surface area contributed by atoms with Crippen molar-refractivity contribution < 1.29 is 4.79 Å². The van der Waals surface area contributed by atoms with Gasteiger partial charge in [0.15, 0.2) is 0 Å². The highest BCUT2D eigenvalue weighted by molar-refractivity contribution is 9.10. The van der Waals surface area contributed by atoms with E-state index in [1.807, 2.05) is 38.4 Å². The lowest BCUT2D eigenvalue weighted by Gasteiger charge is -2.16. The lowest BCUT2D eigenvalue weighted by molar-refractivity contribution is 0.0803. The Morgan fingerprint density at radius 2 is 2.19 bits per heavy atom. The predicted molar refractivity (Wildman–Crippen MR) is 74.2 cm³/mol. The van der Waals surface area contributed by atoms with Crippen LogP contribution in [0.1, 0.15) is 15.9 Å². The maximum absolute atomic E-state index is 12.0. The van der Waals surface area contributed by atoms with Crippen molar-refractivity contribution in [2.24, 2.45) is 0 Å². The van der Waals surface area contributed by atoms with Gasteiger partial charge in [0.2, 0.25) is 0 Å². The van der Waals surface area contributed by atoms with Crippen molar-refractivity contribution in [1.29, 1.82) is 0 Å². The van der Waals surface area contributed by atoms with Crippen LogP contribution < -0.4 is 0 Å². The Morgan fingerprint density at radius 1 is 1.50 bits per heavy atom. The SMILES string of the molecule is CSCCN(C)C(=O)c1ccc(Br)c(C)c1. The number of thioether (sulfide) groups is 1. The summed E-state index contributed by atoms with van der Waals surface area (Å²) in [4.78, 5) is 13.8. The molecule has 4 heteroatoms. The summed E-state index contributed by atoms with van der Waals surface area (Å²) >= 11 is 5.18. The predicted octanol–water partition coefficient (Wildman–Crippen LogP) is 3.19. The molecule has 1 rings (SSSR count). The lowest BCUT2D eigenvalue weighted by Crippen LogP contribution is -2.28. The van der Waals surface area contributed by atoms with Crippen molar-refractivity contribution in [3.05, 3.63) is 33.8 Å². The third kappa shape index (κ3) is 3.52. The van der Waals surface area contributed by atoms with Gasteiger partial charge in [-0.1, -0.05) is 15.9 Å². The molecule has 0 unspecified atom stereocenters. The number of amides is 1. The minimum Gasteiger partial charge on any atom is -0.341 e. The van der Waals surface area contributed by atoms with Crippen LogP contribution in [0, 0.1) is 6.92 Å².